The molecule has 0 fully saturated rings. The summed E-state index contributed by atoms with van der Waals surface area (Å²) in [5, 5.41) is 13.1. The van der Waals surface area contributed by atoms with Crippen LogP contribution in [0.25, 0.3) is 0 Å². The van der Waals surface area contributed by atoms with Gasteiger partial charge in [0.25, 0.3) is 5.91 Å². The minimum absolute atomic E-state index is 0.107. The van der Waals surface area contributed by atoms with E-state index >= 15 is 0 Å². The van der Waals surface area contributed by atoms with Crippen molar-refractivity contribution in [3.63, 3.8) is 0 Å². The zero-order valence-corrected chi connectivity index (χ0v) is 15.6. The summed E-state index contributed by atoms with van der Waals surface area (Å²) in [6.07, 6.45) is -0.654. The average Bonchev–Trinajstić information content (AvgIpc) is 2.51. The minimum atomic E-state index is -0.761. The molecule has 1 amide bonds. The van der Waals surface area contributed by atoms with Crippen LogP contribution in [0.1, 0.15) is 52.6 Å². The minimum Gasteiger partial charge on any atom is -0.491 e. The lowest BCUT2D eigenvalue weighted by Crippen LogP contribution is -2.29. The van der Waals surface area contributed by atoms with Gasteiger partial charge in [0.2, 0.25) is 0 Å². The fourth-order valence-electron chi connectivity index (χ4n) is 2.97. The predicted molar refractivity (Wildman–Crippen MR) is 100 cm³/mol. The number of carbonyl (C=O) groups is 1. The van der Waals surface area contributed by atoms with Crippen LogP contribution in [0.2, 0.25) is 0 Å². The van der Waals surface area contributed by atoms with Gasteiger partial charge in [0.05, 0.1) is 12.2 Å². The van der Waals surface area contributed by atoms with Crippen molar-refractivity contribution in [2.75, 3.05) is 6.54 Å². The number of aryl methyl sites for hydroxylation is 3. The lowest BCUT2D eigenvalue weighted by Gasteiger charge is -2.16. The summed E-state index contributed by atoms with van der Waals surface area (Å²) in [4.78, 5) is 12.5. The summed E-state index contributed by atoms with van der Waals surface area (Å²) < 4.78 is 5.59. The molecule has 0 aliphatic carbocycles. The van der Waals surface area contributed by atoms with E-state index in [0.717, 1.165) is 28.0 Å². The first-order valence-electron chi connectivity index (χ1n) is 8.58. The number of hydrogen-bond donors (Lipinski definition) is 2. The van der Waals surface area contributed by atoms with Gasteiger partial charge in [-0.25, -0.2) is 0 Å². The van der Waals surface area contributed by atoms with Crippen molar-refractivity contribution in [1.82, 2.24) is 5.32 Å². The highest BCUT2D eigenvalue weighted by Crippen LogP contribution is 2.19. The van der Waals surface area contributed by atoms with Crippen LogP contribution in [-0.4, -0.2) is 23.7 Å². The maximum Gasteiger partial charge on any atom is 0.251 e. The van der Waals surface area contributed by atoms with Gasteiger partial charge in [-0.15, -0.1) is 0 Å². The van der Waals surface area contributed by atoms with Crippen molar-refractivity contribution in [3.8, 4) is 5.75 Å². The van der Waals surface area contributed by atoms with E-state index in [4.69, 9.17) is 4.74 Å². The second-order valence-corrected chi connectivity index (χ2v) is 6.74. The molecular formula is C21H27NO3. The number of ether oxygens (including phenoxy) is 1. The van der Waals surface area contributed by atoms with Crippen molar-refractivity contribution in [2.24, 2.45) is 0 Å². The molecule has 2 N–H and O–H groups in total. The van der Waals surface area contributed by atoms with Crippen LogP contribution in [0.3, 0.4) is 0 Å². The second-order valence-electron chi connectivity index (χ2n) is 6.74. The van der Waals surface area contributed by atoms with Crippen LogP contribution in [-0.2, 0) is 0 Å². The molecule has 2 aromatic rings. The normalized spacial score (nSPS) is 12.1. The summed E-state index contributed by atoms with van der Waals surface area (Å²) in [6, 6.07) is 11.3. The van der Waals surface area contributed by atoms with Crippen LogP contribution in [0.4, 0.5) is 0 Å². The summed E-state index contributed by atoms with van der Waals surface area (Å²) in [5.74, 6) is 0.606. The molecule has 0 aliphatic heterocycles. The van der Waals surface area contributed by atoms with Crippen molar-refractivity contribution >= 4 is 5.91 Å². The second kappa shape index (κ2) is 8.17. The summed E-state index contributed by atoms with van der Waals surface area (Å²) >= 11 is 0. The van der Waals surface area contributed by atoms with E-state index in [1.54, 1.807) is 0 Å². The van der Waals surface area contributed by atoms with Gasteiger partial charge in [-0.05, 0) is 63.4 Å². The van der Waals surface area contributed by atoms with E-state index in [1.165, 1.54) is 0 Å². The Bertz CT molecular complexity index is 712. The Hall–Kier alpha value is -2.33. The van der Waals surface area contributed by atoms with E-state index in [9.17, 15) is 9.90 Å². The molecule has 0 aliphatic rings. The summed E-state index contributed by atoms with van der Waals surface area (Å²) in [6.45, 7) is 9.96. The average molecular weight is 341 g/mol. The molecule has 1 unspecified atom stereocenters. The third-order valence-electron chi connectivity index (χ3n) is 4.00. The third-order valence-corrected chi connectivity index (χ3v) is 4.00. The fraction of sp³-hybridized carbons (Fsp3) is 0.381. The summed E-state index contributed by atoms with van der Waals surface area (Å²) in [7, 11) is 0. The molecule has 4 heteroatoms. The van der Waals surface area contributed by atoms with Crippen LogP contribution < -0.4 is 10.1 Å². The molecule has 2 rings (SSSR count). The lowest BCUT2D eigenvalue weighted by atomic mass is 9.99. The van der Waals surface area contributed by atoms with Gasteiger partial charge in [0.1, 0.15) is 5.75 Å². The highest BCUT2D eigenvalue weighted by molar-refractivity contribution is 5.97. The predicted octanol–water partition coefficient (Wildman–Crippen LogP) is 3.86. The van der Waals surface area contributed by atoms with Crippen LogP contribution in [0, 0.1) is 20.8 Å². The molecule has 0 bridgehead atoms. The maximum atomic E-state index is 12.5. The quantitative estimate of drug-likeness (QED) is 0.839. The molecule has 4 nitrogen and oxygen atoms in total. The van der Waals surface area contributed by atoms with Gasteiger partial charge in [-0.2, -0.15) is 0 Å². The number of carbonyl (C=O) groups excluding carboxylic acids is 1. The number of aliphatic hydroxyl groups excluding tert-OH is 1. The molecule has 0 spiro atoms. The molecule has 0 saturated heterocycles. The zero-order chi connectivity index (χ0) is 18.6. The highest BCUT2D eigenvalue weighted by Gasteiger charge is 2.15. The van der Waals surface area contributed by atoms with Gasteiger partial charge in [-0.3, -0.25) is 4.79 Å². The van der Waals surface area contributed by atoms with E-state index in [-0.39, 0.29) is 18.6 Å². The number of nitrogens with one attached hydrogen (secondary N) is 1. The molecular weight excluding hydrogens is 314 g/mol. The van der Waals surface area contributed by atoms with Crippen LogP contribution in [0.5, 0.6) is 5.75 Å². The number of aliphatic hydroxyl groups is 1. The Balaban J connectivity index is 2.00. The molecule has 0 saturated carbocycles. The van der Waals surface area contributed by atoms with Crippen LogP contribution in [0.15, 0.2) is 36.4 Å². The van der Waals surface area contributed by atoms with Gasteiger partial charge in [-0.1, -0.05) is 29.8 Å². The molecule has 1 atom stereocenters. The van der Waals surface area contributed by atoms with E-state index in [0.29, 0.717) is 5.56 Å². The lowest BCUT2D eigenvalue weighted by molar-refractivity contribution is 0.0915. The molecule has 0 radical (unpaired) electrons. The SMILES string of the molecule is Cc1cc(C)c(C(=O)NCC(O)c2ccc(OC(C)C)cc2)c(C)c1. The molecule has 2 aromatic carbocycles. The van der Waals surface area contributed by atoms with Crippen molar-refractivity contribution in [3.05, 3.63) is 64.2 Å². The first-order valence-corrected chi connectivity index (χ1v) is 8.58. The standard InChI is InChI=1S/C21H27NO3/c1-13(2)25-18-8-6-17(7-9-18)19(23)12-22-21(24)20-15(4)10-14(3)11-16(20)5/h6-11,13,19,23H,12H2,1-5H3,(H,22,24). The Morgan fingerprint density at radius 3 is 2.16 bits per heavy atom. The number of hydrogen-bond acceptors (Lipinski definition) is 3. The van der Waals surface area contributed by atoms with Crippen molar-refractivity contribution in [2.45, 2.75) is 46.8 Å². The maximum absolute atomic E-state index is 12.5. The van der Waals surface area contributed by atoms with Crippen molar-refractivity contribution < 1.29 is 14.6 Å². The van der Waals surface area contributed by atoms with Gasteiger partial charge in [0, 0.05) is 12.1 Å². The first-order chi connectivity index (χ1) is 11.8. The number of amides is 1. The monoisotopic (exact) mass is 341 g/mol. The Kier molecular flexibility index (Phi) is 6.21. The first kappa shape index (κ1) is 19.0. The van der Waals surface area contributed by atoms with Crippen molar-refractivity contribution in [1.29, 1.82) is 0 Å². The van der Waals surface area contributed by atoms with E-state index in [1.807, 2.05) is 71.0 Å². The largest absolute Gasteiger partial charge is 0.491 e. The highest BCUT2D eigenvalue weighted by atomic mass is 16.5. The molecule has 0 heterocycles. The Labute approximate surface area is 149 Å². The fourth-order valence-corrected chi connectivity index (χ4v) is 2.97. The van der Waals surface area contributed by atoms with Crippen LogP contribution >= 0.6 is 0 Å². The number of rotatable bonds is 6. The molecule has 25 heavy (non-hydrogen) atoms. The van der Waals surface area contributed by atoms with Gasteiger partial charge >= 0.3 is 0 Å². The smallest absolute Gasteiger partial charge is 0.251 e. The van der Waals surface area contributed by atoms with E-state index in [2.05, 4.69) is 5.32 Å². The Morgan fingerprint density at radius 1 is 1.08 bits per heavy atom. The zero-order valence-electron chi connectivity index (χ0n) is 15.6. The Morgan fingerprint density at radius 2 is 1.64 bits per heavy atom. The number of benzene rings is 2. The molecule has 134 valence electrons. The van der Waals surface area contributed by atoms with E-state index < -0.39 is 6.10 Å². The third kappa shape index (κ3) is 5.07. The summed E-state index contributed by atoms with van der Waals surface area (Å²) in [5.41, 5.74) is 4.45. The van der Waals surface area contributed by atoms with Gasteiger partial charge < -0.3 is 15.2 Å². The topological polar surface area (TPSA) is 58.6 Å². The molecule has 0 aromatic heterocycles. The van der Waals surface area contributed by atoms with Gasteiger partial charge in [0.15, 0.2) is 0 Å².